The number of hydrogen-bond acceptors (Lipinski definition) is 4. The lowest BCUT2D eigenvalue weighted by Crippen LogP contribution is -2.42. The molecule has 1 atom stereocenters. The Morgan fingerprint density at radius 3 is 2.96 bits per heavy atom. The lowest BCUT2D eigenvalue weighted by molar-refractivity contribution is -0.136. The molecule has 24 heavy (non-hydrogen) atoms. The van der Waals surface area contributed by atoms with E-state index >= 15 is 0 Å². The zero-order valence-corrected chi connectivity index (χ0v) is 14.0. The monoisotopic (exact) mass is 331 g/mol. The van der Waals surface area contributed by atoms with Gasteiger partial charge in [-0.05, 0) is 30.9 Å². The van der Waals surface area contributed by atoms with Gasteiger partial charge in [-0.15, -0.1) is 0 Å². The van der Waals surface area contributed by atoms with Crippen LogP contribution in [-0.4, -0.2) is 34.0 Å². The van der Waals surface area contributed by atoms with Crippen LogP contribution in [0.3, 0.4) is 0 Å². The van der Waals surface area contributed by atoms with Gasteiger partial charge in [0, 0.05) is 25.4 Å². The van der Waals surface area contributed by atoms with Crippen molar-refractivity contribution in [2.24, 2.45) is 11.8 Å². The maximum Gasteiger partial charge on any atom is 0.227 e. The first kappa shape index (κ1) is 16.6. The molecule has 0 N–H and O–H groups in total. The normalized spacial score (nSPS) is 18.2. The van der Waals surface area contributed by atoms with Crippen LogP contribution in [0.2, 0.25) is 0 Å². The SMILES string of the molecule is CC(C)C(=O)N1CCCC(Cc2nc(-c3ccccc3F)no2)C1. The minimum Gasteiger partial charge on any atom is -0.342 e. The van der Waals surface area contributed by atoms with Crippen molar-refractivity contribution < 1.29 is 13.7 Å². The maximum absolute atomic E-state index is 13.8. The lowest BCUT2D eigenvalue weighted by Gasteiger charge is -2.33. The molecule has 0 aliphatic carbocycles. The lowest BCUT2D eigenvalue weighted by atomic mass is 9.94. The summed E-state index contributed by atoms with van der Waals surface area (Å²) in [5.41, 5.74) is 0.341. The zero-order chi connectivity index (χ0) is 17.1. The van der Waals surface area contributed by atoms with Crippen molar-refractivity contribution in [2.75, 3.05) is 13.1 Å². The van der Waals surface area contributed by atoms with E-state index < -0.39 is 0 Å². The van der Waals surface area contributed by atoms with Crippen LogP contribution in [0.1, 0.15) is 32.6 Å². The molecule has 1 saturated heterocycles. The average molecular weight is 331 g/mol. The molecular formula is C18H22FN3O2. The molecule has 3 rings (SSSR count). The second-order valence-corrected chi connectivity index (χ2v) is 6.64. The van der Waals surface area contributed by atoms with E-state index in [1.807, 2.05) is 18.7 Å². The van der Waals surface area contributed by atoms with Gasteiger partial charge < -0.3 is 9.42 Å². The van der Waals surface area contributed by atoms with Gasteiger partial charge in [0.05, 0.1) is 5.56 Å². The smallest absolute Gasteiger partial charge is 0.227 e. The Kier molecular flexibility index (Phi) is 4.92. The highest BCUT2D eigenvalue weighted by Gasteiger charge is 2.26. The van der Waals surface area contributed by atoms with Crippen LogP contribution in [-0.2, 0) is 11.2 Å². The molecule has 5 nitrogen and oxygen atoms in total. The number of carbonyl (C=O) groups is 1. The second-order valence-electron chi connectivity index (χ2n) is 6.64. The first-order valence-corrected chi connectivity index (χ1v) is 8.41. The van der Waals surface area contributed by atoms with E-state index in [-0.39, 0.29) is 23.5 Å². The fourth-order valence-corrected chi connectivity index (χ4v) is 3.13. The van der Waals surface area contributed by atoms with Gasteiger partial charge in [0.2, 0.25) is 17.6 Å². The molecule has 0 bridgehead atoms. The fraction of sp³-hybridized carbons (Fsp3) is 0.500. The van der Waals surface area contributed by atoms with E-state index in [2.05, 4.69) is 10.1 Å². The van der Waals surface area contributed by atoms with Gasteiger partial charge in [-0.1, -0.05) is 31.1 Å². The minimum absolute atomic E-state index is 0.0137. The third-order valence-electron chi connectivity index (χ3n) is 4.37. The predicted molar refractivity (Wildman–Crippen MR) is 87.5 cm³/mol. The number of aromatic nitrogens is 2. The van der Waals surface area contributed by atoms with Gasteiger partial charge in [0.15, 0.2) is 0 Å². The maximum atomic E-state index is 13.8. The fourth-order valence-electron chi connectivity index (χ4n) is 3.13. The van der Waals surface area contributed by atoms with E-state index in [0.29, 0.717) is 30.3 Å². The number of amides is 1. The van der Waals surface area contributed by atoms with Crippen LogP contribution in [0.5, 0.6) is 0 Å². The second kappa shape index (κ2) is 7.11. The van der Waals surface area contributed by atoms with Crippen molar-refractivity contribution in [3.8, 4) is 11.4 Å². The molecule has 0 saturated carbocycles. The Morgan fingerprint density at radius 1 is 1.42 bits per heavy atom. The molecule has 1 aliphatic rings. The number of likely N-dealkylation sites (tertiary alicyclic amines) is 1. The number of halogens is 1. The van der Waals surface area contributed by atoms with Gasteiger partial charge in [-0.25, -0.2) is 4.39 Å². The highest BCUT2D eigenvalue weighted by molar-refractivity contribution is 5.78. The third kappa shape index (κ3) is 3.63. The van der Waals surface area contributed by atoms with Crippen LogP contribution in [0, 0.1) is 17.7 Å². The first-order valence-electron chi connectivity index (χ1n) is 8.41. The number of rotatable bonds is 4. The van der Waals surface area contributed by atoms with E-state index in [9.17, 15) is 9.18 Å². The Hall–Kier alpha value is -2.24. The average Bonchev–Trinajstić information content (AvgIpc) is 3.03. The first-order chi connectivity index (χ1) is 11.5. The molecule has 1 fully saturated rings. The molecule has 0 spiro atoms. The van der Waals surface area contributed by atoms with E-state index in [1.165, 1.54) is 6.07 Å². The summed E-state index contributed by atoms with van der Waals surface area (Å²) in [6, 6.07) is 6.38. The molecule has 1 aromatic heterocycles. The van der Waals surface area contributed by atoms with Crippen molar-refractivity contribution in [1.29, 1.82) is 0 Å². The zero-order valence-electron chi connectivity index (χ0n) is 14.0. The summed E-state index contributed by atoms with van der Waals surface area (Å²) in [7, 11) is 0. The van der Waals surface area contributed by atoms with E-state index in [4.69, 9.17) is 4.52 Å². The topological polar surface area (TPSA) is 59.2 Å². The van der Waals surface area contributed by atoms with Crippen LogP contribution in [0.15, 0.2) is 28.8 Å². The van der Waals surface area contributed by atoms with Gasteiger partial charge >= 0.3 is 0 Å². The van der Waals surface area contributed by atoms with Crippen molar-refractivity contribution >= 4 is 5.91 Å². The number of hydrogen-bond donors (Lipinski definition) is 0. The summed E-state index contributed by atoms with van der Waals surface area (Å²) in [4.78, 5) is 18.4. The largest absolute Gasteiger partial charge is 0.342 e. The van der Waals surface area contributed by atoms with Crippen LogP contribution < -0.4 is 0 Å². The van der Waals surface area contributed by atoms with Crippen molar-refractivity contribution in [2.45, 2.75) is 33.1 Å². The van der Waals surface area contributed by atoms with Crippen molar-refractivity contribution in [3.05, 3.63) is 36.0 Å². The molecule has 1 aliphatic heterocycles. The molecule has 128 valence electrons. The van der Waals surface area contributed by atoms with E-state index in [1.54, 1.807) is 18.2 Å². The molecule has 0 radical (unpaired) electrons. The summed E-state index contributed by atoms with van der Waals surface area (Å²) in [6.07, 6.45) is 2.63. The third-order valence-corrected chi connectivity index (χ3v) is 4.37. The Morgan fingerprint density at radius 2 is 2.21 bits per heavy atom. The standard InChI is InChI=1S/C18H22FN3O2/c1-12(2)18(23)22-9-5-6-13(11-22)10-16-20-17(21-24-16)14-7-3-4-8-15(14)19/h3-4,7-8,12-13H,5-6,9-11H2,1-2H3. The number of carbonyl (C=O) groups excluding carboxylic acids is 1. The van der Waals surface area contributed by atoms with Gasteiger partial charge in [0.1, 0.15) is 5.82 Å². The van der Waals surface area contributed by atoms with Crippen LogP contribution in [0.25, 0.3) is 11.4 Å². The van der Waals surface area contributed by atoms with Crippen LogP contribution in [0.4, 0.5) is 4.39 Å². The number of piperidine rings is 1. The van der Waals surface area contributed by atoms with Gasteiger partial charge in [-0.2, -0.15) is 4.98 Å². The molecule has 6 heteroatoms. The Balaban J connectivity index is 1.67. The summed E-state index contributed by atoms with van der Waals surface area (Å²) in [5, 5.41) is 3.89. The Bertz CT molecular complexity index is 714. The molecule has 1 unspecified atom stereocenters. The summed E-state index contributed by atoms with van der Waals surface area (Å²) >= 11 is 0. The number of nitrogens with zero attached hydrogens (tertiary/aromatic N) is 3. The highest BCUT2D eigenvalue weighted by atomic mass is 19.1. The summed E-state index contributed by atoms with van der Waals surface area (Å²) in [5.74, 6) is 0.912. The van der Waals surface area contributed by atoms with Crippen LogP contribution >= 0.6 is 0 Å². The predicted octanol–water partition coefficient (Wildman–Crippen LogP) is 3.31. The highest BCUT2D eigenvalue weighted by Crippen LogP contribution is 2.24. The summed E-state index contributed by atoms with van der Waals surface area (Å²) in [6.45, 7) is 5.38. The molecule has 2 aromatic rings. The molecule has 2 heterocycles. The van der Waals surface area contributed by atoms with E-state index in [0.717, 1.165) is 19.4 Å². The minimum atomic E-state index is -0.365. The quantitative estimate of drug-likeness (QED) is 0.862. The molecular weight excluding hydrogens is 309 g/mol. The van der Waals surface area contributed by atoms with Crippen molar-refractivity contribution in [1.82, 2.24) is 15.0 Å². The number of benzene rings is 1. The van der Waals surface area contributed by atoms with Gasteiger partial charge in [0.25, 0.3) is 0 Å². The molecule has 1 aromatic carbocycles. The van der Waals surface area contributed by atoms with Crippen molar-refractivity contribution in [3.63, 3.8) is 0 Å². The Labute approximate surface area is 140 Å². The van der Waals surface area contributed by atoms with Gasteiger partial charge in [-0.3, -0.25) is 4.79 Å². The molecule has 1 amide bonds. The summed E-state index contributed by atoms with van der Waals surface area (Å²) < 4.78 is 19.1.